The van der Waals surface area contributed by atoms with Gasteiger partial charge < -0.3 is 10.6 Å². The molecular weight excluding hydrogens is 486 g/mol. The largest absolute Gasteiger partial charge is 0.325 e. The number of aryl methyl sites for hydroxylation is 1. The van der Waals surface area contributed by atoms with Gasteiger partial charge in [-0.3, -0.25) is 19.3 Å². The molecule has 0 aromatic heterocycles. The van der Waals surface area contributed by atoms with Gasteiger partial charge >= 0.3 is 0 Å². The van der Waals surface area contributed by atoms with Crippen LogP contribution in [0.25, 0.3) is 0 Å². The average molecular weight is 512 g/mol. The molecule has 7 heteroatoms. The molecule has 3 aromatic carbocycles. The summed E-state index contributed by atoms with van der Waals surface area (Å²) in [6.45, 7) is 4.62. The van der Waals surface area contributed by atoms with Crippen molar-refractivity contribution in [2.45, 2.75) is 43.7 Å². The van der Waals surface area contributed by atoms with Crippen molar-refractivity contribution in [3.8, 4) is 0 Å². The van der Waals surface area contributed by atoms with Crippen LogP contribution in [0.15, 0.2) is 60.7 Å². The second-order valence-electron chi connectivity index (χ2n) is 10.6. The van der Waals surface area contributed by atoms with Crippen LogP contribution in [0.2, 0.25) is 5.02 Å². The lowest BCUT2D eigenvalue weighted by atomic mass is 9.57. The Morgan fingerprint density at radius 2 is 1.70 bits per heavy atom. The van der Waals surface area contributed by atoms with E-state index in [2.05, 4.69) is 15.5 Å². The third-order valence-electron chi connectivity index (χ3n) is 9.22. The number of anilines is 2. The Kier molecular flexibility index (Phi) is 4.62. The SMILES string of the molecule is Cc1ccc2c(c1C)NC(=O)C21N2CCCC2C(C(=O)c2ccccc2Cl)C12C(=O)Nc1ccccc12. The molecule has 7 rings (SSSR count). The van der Waals surface area contributed by atoms with Crippen LogP contribution in [0.1, 0.15) is 45.5 Å². The second kappa shape index (κ2) is 7.53. The zero-order chi connectivity index (χ0) is 25.7. The molecule has 4 heterocycles. The number of hydrogen-bond acceptors (Lipinski definition) is 4. The number of rotatable bonds is 2. The number of carbonyl (C=O) groups excluding carboxylic acids is 3. The molecule has 0 bridgehead atoms. The van der Waals surface area contributed by atoms with Gasteiger partial charge in [0.25, 0.3) is 5.91 Å². The van der Waals surface area contributed by atoms with Gasteiger partial charge in [0.1, 0.15) is 11.0 Å². The summed E-state index contributed by atoms with van der Waals surface area (Å²) in [6, 6.07) is 18.2. The van der Waals surface area contributed by atoms with E-state index >= 15 is 0 Å². The molecule has 4 aliphatic heterocycles. The molecule has 3 aromatic rings. The average Bonchev–Trinajstić information content (AvgIpc) is 3.60. The maximum atomic E-state index is 14.6. The molecule has 2 N–H and O–H groups in total. The summed E-state index contributed by atoms with van der Waals surface area (Å²) in [6.07, 6.45) is 1.55. The van der Waals surface area contributed by atoms with E-state index < -0.39 is 16.9 Å². The summed E-state index contributed by atoms with van der Waals surface area (Å²) in [5, 5.41) is 6.58. The van der Waals surface area contributed by atoms with Crippen LogP contribution in [0, 0.1) is 19.8 Å². The van der Waals surface area contributed by atoms with Crippen LogP contribution in [-0.4, -0.2) is 35.1 Å². The number of para-hydroxylation sites is 1. The minimum Gasteiger partial charge on any atom is -0.325 e. The van der Waals surface area contributed by atoms with Crippen LogP contribution in [0.3, 0.4) is 0 Å². The topological polar surface area (TPSA) is 78.5 Å². The van der Waals surface area contributed by atoms with Gasteiger partial charge in [0.2, 0.25) is 5.91 Å². The molecule has 4 unspecified atom stereocenters. The summed E-state index contributed by atoms with van der Waals surface area (Å²) in [7, 11) is 0. The highest BCUT2D eigenvalue weighted by Gasteiger charge is 2.81. The molecule has 6 nitrogen and oxygen atoms in total. The van der Waals surface area contributed by atoms with Crippen molar-refractivity contribution >= 4 is 40.6 Å². The van der Waals surface area contributed by atoms with Gasteiger partial charge in [-0.1, -0.05) is 54.1 Å². The van der Waals surface area contributed by atoms with E-state index in [0.29, 0.717) is 34.8 Å². The first-order chi connectivity index (χ1) is 17.8. The van der Waals surface area contributed by atoms with Crippen molar-refractivity contribution in [2.75, 3.05) is 17.2 Å². The number of carbonyl (C=O) groups is 3. The maximum absolute atomic E-state index is 14.6. The van der Waals surface area contributed by atoms with E-state index in [-0.39, 0.29) is 23.6 Å². The van der Waals surface area contributed by atoms with Crippen LogP contribution in [0.4, 0.5) is 11.4 Å². The fourth-order valence-corrected chi connectivity index (χ4v) is 7.95. The van der Waals surface area contributed by atoms with Crippen molar-refractivity contribution < 1.29 is 14.4 Å². The zero-order valence-electron chi connectivity index (χ0n) is 20.6. The monoisotopic (exact) mass is 511 g/mol. The summed E-state index contributed by atoms with van der Waals surface area (Å²) < 4.78 is 0. The first-order valence-electron chi connectivity index (χ1n) is 12.7. The van der Waals surface area contributed by atoms with E-state index in [9.17, 15) is 14.4 Å². The molecular formula is C30H26ClN3O3. The summed E-state index contributed by atoms with van der Waals surface area (Å²) >= 11 is 6.56. The van der Waals surface area contributed by atoms with Crippen molar-refractivity contribution in [2.24, 2.45) is 5.92 Å². The fourth-order valence-electron chi connectivity index (χ4n) is 7.72. The molecule has 186 valence electrons. The van der Waals surface area contributed by atoms with E-state index in [0.717, 1.165) is 28.8 Å². The fraction of sp³-hybridized carbons (Fsp3) is 0.300. The van der Waals surface area contributed by atoms with Crippen molar-refractivity contribution in [1.82, 2.24) is 4.90 Å². The minimum absolute atomic E-state index is 0.198. The molecule has 2 fully saturated rings. The Hall–Kier alpha value is -3.48. The maximum Gasteiger partial charge on any atom is 0.251 e. The van der Waals surface area contributed by atoms with Gasteiger partial charge in [0, 0.05) is 28.5 Å². The number of Topliss-reactive ketones (excluding diaryl/α,β-unsaturated/α-hetero) is 1. The van der Waals surface area contributed by atoms with Crippen LogP contribution in [-0.2, 0) is 20.5 Å². The Morgan fingerprint density at radius 1 is 0.946 bits per heavy atom. The Balaban J connectivity index is 1.61. The van der Waals surface area contributed by atoms with E-state index in [4.69, 9.17) is 11.6 Å². The molecule has 2 saturated heterocycles. The predicted molar refractivity (Wildman–Crippen MR) is 142 cm³/mol. The van der Waals surface area contributed by atoms with Gasteiger partial charge in [0.15, 0.2) is 5.78 Å². The lowest BCUT2D eigenvalue weighted by Crippen LogP contribution is -2.62. The highest BCUT2D eigenvalue weighted by molar-refractivity contribution is 6.34. The van der Waals surface area contributed by atoms with Gasteiger partial charge in [-0.2, -0.15) is 0 Å². The molecule has 0 radical (unpaired) electrons. The van der Waals surface area contributed by atoms with Crippen molar-refractivity contribution in [3.63, 3.8) is 0 Å². The quantitative estimate of drug-likeness (QED) is 0.476. The predicted octanol–water partition coefficient (Wildman–Crippen LogP) is 4.97. The van der Waals surface area contributed by atoms with Gasteiger partial charge in [0.05, 0.1) is 10.9 Å². The van der Waals surface area contributed by atoms with Crippen molar-refractivity contribution in [3.05, 3.63) is 93.5 Å². The number of nitrogens with zero attached hydrogens (tertiary/aromatic N) is 1. The molecule has 4 aliphatic rings. The van der Waals surface area contributed by atoms with Gasteiger partial charge in [-0.05, 0) is 68.1 Å². The van der Waals surface area contributed by atoms with E-state index in [1.54, 1.807) is 24.3 Å². The number of nitrogens with one attached hydrogen (secondary N) is 2. The van der Waals surface area contributed by atoms with Crippen LogP contribution < -0.4 is 10.6 Å². The van der Waals surface area contributed by atoms with E-state index in [1.807, 2.05) is 50.2 Å². The number of benzene rings is 3. The number of halogens is 1. The molecule has 4 atom stereocenters. The number of hydrogen-bond donors (Lipinski definition) is 2. The second-order valence-corrected chi connectivity index (χ2v) is 11.0. The molecule has 2 spiro atoms. The van der Waals surface area contributed by atoms with Crippen LogP contribution in [0.5, 0.6) is 0 Å². The molecule has 0 aliphatic carbocycles. The Bertz CT molecular complexity index is 1550. The highest BCUT2D eigenvalue weighted by atomic mass is 35.5. The smallest absolute Gasteiger partial charge is 0.251 e. The molecule has 2 amide bonds. The number of ketones is 1. The summed E-state index contributed by atoms with van der Waals surface area (Å²) in [5.41, 5.74) is 2.46. The Morgan fingerprint density at radius 3 is 2.51 bits per heavy atom. The lowest BCUT2D eigenvalue weighted by molar-refractivity contribution is -0.137. The molecule has 0 saturated carbocycles. The Labute approximate surface area is 220 Å². The van der Waals surface area contributed by atoms with Gasteiger partial charge in [-0.25, -0.2) is 0 Å². The molecule has 37 heavy (non-hydrogen) atoms. The standard InChI is InChI=1S/C30H26ClN3O3/c1-16-13-14-20-25(17(16)2)33-28(37)30(20)29(19-9-4-6-11-22(19)32-27(29)36)24(23-12-7-15-34(23)30)26(35)18-8-3-5-10-21(18)31/h3-6,8-11,13-14,23-24H,7,12,15H2,1-2H3,(H,32,36)(H,33,37). The number of fused-ring (bicyclic) bond motifs is 7. The normalized spacial score (nSPS) is 29.4. The number of amides is 2. The van der Waals surface area contributed by atoms with Crippen molar-refractivity contribution in [1.29, 1.82) is 0 Å². The first-order valence-corrected chi connectivity index (χ1v) is 13.1. The summed E-state index contributed by atoms with van der Waals surface area (Å²) in [5.74, 6) is -1.55. The third-order valence-corrected chi connectivity index (χ3v) is 9.55. The minimum atomic E-state index is -1.46. The first kappa shape index (κ1) is 22.7. The third kappa shape index (κ3) is 2.48. The summed E-state index contributed by atoms with van der Waals surface area (Å²) in [4.78, 5) is 45.7. The van der Waals surface area contributed by atoms with Crippen LogP contribution >= 0.6 is 11.6 Å². The lowest BCUT2D eigenvalue weighted by Gasteiger charge is -2.43. The zero-order valence-corrected chi connectivity index (χ0v) is 21.4. The van der Waals surface area contributed by atoms with Gasteiger partial charge in [-0.15, -0.1) is 0 Å². The van der Waals surface area contributed by atoms with E-state index in [1.165, 1.54) is 0 Å². The highest BCUT2D eigenvalue weighted by Crippen LogP contribution is 2.68.